The molecule has 2 heterocycles. The van der Waals surface area contributed by atoms with Crippen molar-refractivity contribution in [3.8, 4) is 11.3 Å². The molecular weight excluding hydrogens is 292 g/mol. The highest BCUT2D eigenvalue weighted by molar-refractivity contribution is 6.61. The highest BCUT2D eigenvalue weighted by Gasteiger charge is 2.52. The first-order chi connectivity index (χ1) is 10.7. The molecule has 1 fully saturated rings. The van der Waals surface area contributed by atoms with E-state index < -0.39 is 18.3 Å². The predicted molar refractivity (Wildman–Crippen MR) is 90.1 cm³/mol. The topological polar surface area (TPSA) is 31.4 Å². The van der Waals surface area contributed by atoms with Crippen molar-refractivity contribution in [2.75, 3.05) is 0 Å². The van der Waals surface area contributed by atoms with Gasteiger partial charge in [0.2, 0.25) is 0 Å². The molecule has 0 atom stereocenters. The quantitative estimate of drug-likeness (QED) is 0.795. The Morgan fingerprint density at radius 2 is 1.65 bits per heavy atom. The van der Waals surface area contributed by atoms with Gasteiger partial charge in [-0.25, -0.2) is 4.39 Å². The van der Waals surface area contributed by atoms with E-state index in [0.29, 0.717) is 0 Å². The van der Waals surface area contributed by atoms with E-state index in [1.54, 1.807) is 6.07 Å². The maximum atomic E-state index is 13.3. The van der Waals surface area contributed by atoms with Gasteiger partial charge in [-0.15, -0.1) is 0 Å². The van der Waals surface area contributed by atoms with Crippen LogP contribution in [0.4, 0.5) is 4.39 Å². The summed E-state index contributed by atoms with van der Waals surface area (Å²) in [5.74, 6) is -0.242. The van der Waals surface area contributed by atoms with Crippen LogP contribution in [0.3, 0.4) is 0 Å². The van der Waals surface area contributed by atoms with Crippen LogP contribution in [0.25, 0.3) is 11.3 Å². The highest BCUT2D eigenvalue weighted by atomic mass is 19.1. The lowest BCUT2D eigenvalue weighted by molar-refractivity contribution is 0.00578. The van der Waals surface area contributed by atoms with Gasteiger partial charge in [0.25, 0.3) is 0 Å². The smallest absolute Gasteiger partial charge is 0.398 e. The average molecular weight is 313 g/mol. The van der Waals surface area contributed by atoms with E-state index in [4.69, 9.17) is 9.31 Å². The number of rotatable bonds is 2. The van der Waals surface area contributed by atoms with Gasteiger partial charge in [0.05, 0.1) is 22.5 Å². The Kier molecular flexibility index (Phi) is 3.81. The summed E-state index contributed by atoms with van der Waals surface area (Å²) >= 11 is 0. The molecule has 1 aliphatic rings. The zero-order valence-electron chi connectivity index (χ0n) is 14.2. The Labute approximate surface area is 137 Å². The van der Waals surface area contributed by atoms with Gasteiger partial charge < -0.3 is 9.31 Å². The normalized spacial score (nSPS) is 19.1. The Morgan fingerprint density at radius 3 is 2.26 bits per heavy atom. The fraction of sp³-hybridized carbons (Fsp3) is 0.389. The van der Waals surface area contributed by atoms with Crippen molar-refractivity contribution in [1.82, 2.24) is 4.98 Å². The van der Waals surface area contributed by atoms with Gasteiger partial charge >= 0.3 is 7.12 Å². The molecule has 1 saturated heterocycles. The van der Waals surface area contributed by atoms with E-state index >= 15 is 0 Å². The summed E-state index contributed by atoms with van der Waals surface area (Å²) in [6.45, 7) is 9.94. The molecule has 1 aromatic heterocycles. The molecule has 0 aliphatic carbocycles. The zero-order chi connectivity index (χ0) is 16.8. The summed E-state index contributed by atoms with van der Waals surface area (Å²) in [4.78, 5) is 4.67. The number of pyridine rings is 1. The molecule has 0 N–H and O–H groups in total. The molecule has 0 spiro atoms. The standard InChI is InChI=1S/C18H21BFNO2/c1-12-11-13(20)9-10-14(12)15-7-6-8-16(21-15)19-22-17(2,3)18(4,5)23-19/h6-11H,1-5H3. The summed E-state index contributed by atoms with van der Waals surface area (Å²) in [6, 6.07) is 10.4. The average Bonchev–Trinajstić information content (AvgIpc) is 2.68. The van der Waals surface area contributed by atoms with Crippen LogP contribution >= 0.6 is 0 Å². The Hall–Kier alpha value is -1.72. The molecule has 0 saturated carbocycles. The number of hydrogen-bond donors (Lipinski definition) is 0. The first kappa shape index (κ1) is 16.2. The molecule has 0 unspecified atom stereocenters. The van der Waals surface area contributed by atoms with E-state index in [0.717, 1.165) is 22.4 Å². The molecule has 3 rings (SSSR count). The monoisotopic (exact) mass is 313 g/mol. The highest BCUT2D eigenvalue weighted by Crippen LogP contribution is 2.36. The molecule has 23 heavy (non-hydrogen) atoms. The number of nitrogens with zero attached hydrogens (tertiary/aromatic N) is 1. The SMILES string of the molecule is Cc1cc(F)ccc1-c1cccc(B2OC(C)(C)C(C)(C)O2)n1. The molecule has 0 bridgehead atoms. The van der Waals surface area contributed by atoms with E-state index in [9.17, 15) is 4.39 Å². The zero-order valence-corrected chi connectivity index (χ0v) is 14.2. The van der Waals surface area contributed by atoms with Crippen LogP contribution in [0.1, 0.15) is 33.3 Å². The van der Waals surface area contributed by atoms with Gasteiger partial charge in [0, 0.05) is 5.56 Å². The van der Waals surface area contributed by atoms with E-state index in [2.05, 4.69) is 4.98 Å². The molecule has 3 nitrogen and oxygen atoms in total. The van der Waals surface area contributed by atoms with Crippen LogP contribution < -0.4 is 5.59 Å². The van der Waals surface area contributed by atoms with E-state index in [1.807, 2.05) is 52.8 Å². The molecule has 5 heteroatoms. The minimum absolute atomic E-state index is 0.242. The van der Waals surface area contributed by atoms with Crippen LogP contribution in [0.5, 0.6) is 0 Å². The van der Waals surface area contributed by atoms with Gasteiger partial charge in [-0.05, 0) is 70.5 Å². The first-order valence-electron chi connectivity index (χ1n) is 7.79. The lowest BCUT2D eigenvalue weighted by Gasteiger charge is -2.32. The van der Waals surface area contributed by atoms with Crippen molar-refractivity contribution in [2.45, 2.75) is 45.8 Å². The number of aryl methyl sites for hydroxylation is 1. The molecule has 1 aliphatic heterocycles. The summed E-state index contributed by atoms with van der Waals surface area (Å²) < 4.78 is 25.4. The van der Waals surface area contributed by atoms with Gasteiger partial charge in [0.15, 0.2) is 0 Å². The lowest BCUT2D eigenvalue weighted by atomic mass is 9.84. The van der Waals surface area contributed by atoms with Gasteiger partial charge in [-0.1, -0.05) is 6.07 Å². The fourth-order valence-corrected chi connectivity index (χ4v) is 2.61. The summed E-state index contributed by atoms with van der Waals surface area (Å²) in [5, 5.41) is 0. The Balaban J connectivity index is 1.95. The van der Waals surface area contributed by atoms with Crippen molar-refractivity contribution in [3.63, 3.8) is 0 Å². The van der Waals surface area contributed by atoms with Crippen LogP contribution in [0.2, 0.25) is 0 Å². The Morgan fingerprint density at radius 1 is 1.00 bits per heavy atom. The van der Waals surface area contributed by atoms with Crippen molar-refractivity contribution in [1.29, 1.82) is 0 Å². The maximum absolute atomic E-state index is 13.3. The van der Waals surface area contributed by atoms with Crippen molar-refractivity contribution >= 4 is 12.7 Å². The molecular formula is C18H21BFNO2. The van der Waals surface area contributed by atoms with Crippen LogP contribution in [-0.2, 0) is 9.31 Å². The van der Waals surface area contributed by atoms with E-state index in [1.165, 1.54) is 12.1 Å². The fourth-order valence-electron chi connectivity index (χ4n) is 2.61. The third-order valence-electron chi connectivity index (χ3n) is 4.73. The maximum Gasteiger partial charge on any atom is 0.514 e. The molecule has 0 amide bonds. The molecule has 0 radical (unpaired) electrons. The minimum Gasteiger partial charge on any atom is -0.398 e. The summed E-state index contributed by atoms with van der Waals surface area (Å²) in [6.07, 6.45) is 0. The molecule has 120 valence electrons. The number of halogens is 1. The van der Waals surface area contributed by atoms with Crippen molar-refractivity contribution in [2.24, 2.45) is 0 Å². The second-order valence-corrected chi connectivity index (χ2v) is 7.00. The van der Waals surface area contributed by atoms with Gasteiger partial charge in [-0.2, -0.15) is 0 Å². The number of aromatic nitrogens is 1. The molecule has 2 aromatic rings. The van der Waals surface area contributed by atoms with Crippen LogP contribution in [0.15, 0.2) is 36.4 Å². The second-order valence-electron chi connectivity index (χ2n) is 7.00. The second kappa shape index (κ2) is 5.43. The van der Waals surface area contributed by atoms with Crippen LogP contribution in [-0.4, -0.2) is 23.3 Å². The van der Waals surface area contributed by atoms with Gasteiger partial charge in [0.1, 0.15) is 5.82 Å². The summed E-state index contributed by atoms with van der Waals surface area (Å²) in [7, 11) is -0.499. The largest absolute Gasteiger partial charge is 0.514 e. The summed E-state index contributed by atoms with van der Waals surface area (Å²) in [5.41, 5.74) is 2.47. The third kappa shape index (κ3) is 2.91. The van der Waals surface area contributed by atoms with Crippen LogP contribution in [0, 0.1) is 12.7 Å². The van der Waals surface area contributed by atoms with Crippen molar-refractivity contribution in [3.05, 3.63) is 47.8 Å². The van der Waals surface area contributed by atoms with Gasteiger partial charge in [-0.3, -0.25) is 4.98 Å². The lowest BCUT2D eigenvalue weighted by Crippen LogP contribution is -2.41. The number of benzene rings is 1. The van der Waals surface area contributed by atoms with E-state index in [-0.39, 0.29) is 5.82 Å². The predicted octanol–water partition coefficient (Wildman–Crippen LogP) is 3.50. The van der Waals surface area contributed by atoms with Crippen molar-refractivity contribution < 1.29 is 13.7 Å². The first-order valence-corrected chi connectivity index (χ1v) is 7.79. The third-order valence-corrected chi connectivity index (χ3v) is 4.73. The Bertz CT molecular complexity index is 730. The number of hydrogen-bond acceptors (Lipinski definition) is 3. The molecule has 1 aromatic carbocycles. The minimum atomic E-state index is -0.499.